The predicted molar refractivity (Wildman–Crippen MR) is 157 cm³/mol. The maximum absolute atomic E-state index is 9.60. The topological polar surface area (TPSA) is 261 Å². The molecule has 0 aromatic carbocycles. The van der Waals surface area contributed by atoms with Crippen LogP contribution >= 0.6 is 0 Å². The number of aliphatic carboxylic acids is 7. The molecule has 0 amide bonds. The summed E-state index contributed by atoms with van der Waals surface area (Å²) in [7, 11) is 0. The first-order valence-electron chi connectivity index (χ1n) is 10.7. The highest BCUT2D eigenvalue weighted by atomic mass is 16.4. The van der Waals surface area contributed by atoms with E-state index in [2.05, 4.69) is 46.1 Å². The molecule has 0 atom stereocenters. The van der Waals surface area contributed by atoms with Crippen molar-refractivity contribution in [2.45, 2.75) is 48.5 Å². The zero-order chi connectivity index (χ0) is 36.1. The molecule has 0 aromatic rings. The zero-order valence-electron chi connectivity index (χ0n) is 24.9. The minimum absolute atomic E-state index is 0.176. The van der Waals surface area contributed by atoms with Crippen molar-refractivity contribution in [1.29, 1.82) is 0 Å². The Labute approximate surface area is 244 Å². The first kappa shape index (κ1) is 52.8. The summed E-state index contributed by atoms with van der Waals surface area (Å²) in [5.74, 6) is -6.55. The van der Waals surface area contributed by atoms with Crippen molar-refractivity contribution in [2.24, 2.45) is 0 Å². The number of hydrogen-bond donors (Lipinski definition) is 7. The number of rotatable bonds is 7. The lowest BCUT2D eigenvalue weighted by Gasteiger charge is -1.79. The van der Waals surface area contributed by atoms with E-state index in [9.17, 15) is 33.6 Å². The molecule has 0 rings (SSSR count). The Kier molecular flexibility index (Phi) is 39.9. The Balaban J connectivity index is -0.0000000681. The molecular weight excluding hydrogens is 560 g/mol. The molecule has 0 saturated carbocycles. The van der Waals surface area contributed by atoms with Crippen LogP contribution in [0.15, 0.2) is 85.1 Å². The molecule has 238 valence electrons. The Morgan fingerprint density at radius 2 is 0.286 bits per heavy atom. The monoisotopic (exact) mass is 602 g/mol. The molecule has 0 fully saturated rings. The Morgan fingerprint density at radius 3 is 0.286 bits per heavy atom. The quantitative estimate of drug-likeness (QED) is 0.197. The average Bonchev–Trinajstić information content (AvgIpc) is 2.80. The normalized spacial score (nSPS) is 7.50. The average molecular weight is 603 g/mol. The second-order valence-electron chi connectivity index (χ2n) is 7.60. The summed E-state index contributed by atoms with van der Waals surface area (Å²) in [5.41, 5.74) is 1.23. The highest BCUT2D eigenvalue weighted by Gasteiger charge is 1.93. The zero-order valence-corrected chi connectivity index (χ0v) is 24.9. The van der Waals surface area contributed by atoms with Gasteiger partial charge in [-0.25, -0.2) is 33.6 Å². The van der Waals surface area contributed by atoms with Crippen LogP contribution in [0.5, 0.6) is 0 Å². The molecule has 0 spiro atoms. The van der Waals surface area contributed by atoms with Crippen molar-refractivity contribution in [1.82, 2.24) is 0 Å². The lowest BCUT2D eigenvalue weighted by atomic mass is 10.4. The standard InChI is InChI=1S/7C4H6O2/c7*1-3(2)4(5)6/h7*1H2,2H3,(H,5,6). The van der Waals surface area contributed by atoms with Gasteiger partial charge in [-0.2, -0.15) is 0 Å². The third-order valence-electron chi connectivity index (χ3n) is 2.56. The second kappa shape index (κ2) is 31.7. The highest BCUT2D eigenvalue weighted by Crippen LogP contribution is 1.84. The lowest BCUT2D eigenvalue weighted by Crippen LogP contribution is -1.92. The van der Waals surface area contributed by atoms with E-state index in [1.165, 1.54) is 48.5 Å². The highest BCUT2D eigenvalue weighted by molar-refractivity contribution is 5.86. The molecule has 0 bridgehead atoms. The van der Waals surface area contributed by atoms with Crippen LogP contribution in [0.2, 0.25) is 0 Å². The van der Waals surface area contributed by atoms with Gasteiger partial charge in [0.2, 0.25) is 0 Å². The third-order valence-corrected chi connectivity index (χ3v) is 2.56. The minimum atomic E-state index is -0.935. The van der Waals surface area contributed by atoms with Crippen molar-refractivity contribution in [3.63, 3.8) is 0 Å². The summed E-state index contributed by atoms with van der Waals surface area (Å²) < 4.78 is 0. The van der Waals surface area contributed by atoms with Gasteiger partial charge in [-0.1, -0.05) is 46.1 Å². The van der Waals surface area contributed by atoms with Crippen molar-refractivity contribution in [3.05, 3.63) is 85.1 Å². The smallest absolute Gasteiger partial charge is 0.330 e. The Hall–Kier alpha value is -5.53. The number of carboxylic acid groups (broad SMARTS) is 7. The fraction of sp³-hybridized carbons (Fsp3) is 0.250. The number of hydrogen-bond acceptors (Lipinski definition) is 7. The summed E-state index contributed by atoms with van der Waals surface area (Å²) in [4.78, 5) is 67.2. The maximum atomic E-state index is 9.60. The predicted octanol–water partition coefficient (Wildman–Crippen LogP) is 4.53. The molecule has 14 nitrogen and oxygen atoms in total. The molecule has 0 aromatic heterocycles. The van der Waals surface area contributed by atoms with Gasteiger partial charge in [-0.15, -0.1) is 0 Å². The van der Waals surface area contributed by atoms with Crippen LogP contribution in [0.1, 0.15) is 48.5 Å². The van der Waals surface area contributed by atoms with Gasteiger partial charge in [0, 0.05) is 39.0 Å². The van der Waals surface area contributed by atoms with E-state index < -0.39 is 41.8 Å². The SMILES string of the molecule is C=C(C)C(=O)O.C=C(C)C(=O)O.C=C(C)C(=O)O.C=C(C)C(=O)O.C=C(C)C(=O)O.C=C(C)C(=O)O.C=C(C)C(=O)O. The van der Waals surface area contributed by atoms with Crippen molar-refractivity contribution in [2.75, 3.05) is 0 Å². The van der Waals surface area contributed by atoms with Crippen LogP contribution in [-0.4, -0.2) is 77.5 Å². The van der Waals surface area contributed by atoms with E-state index in [4.69, 9.17) is 35.7 Å². The van der Waals surface area contributed by atoms with Crippen LogP contribution in [0.25, 0.3) is 0 Å². The van der Waals surface area contributed by atoms with E-state index >= 15 is 0 Å². The van der Waals surface area contributed by atoms with Crippen molar-refractivity contribution in [3.8, 4) is 0 Å². The third kappa shape index (κ3) is 76.5. The van der Waals surface area contributed by atoms with Crippen LogP contribution < -0.4 is 0 Å². The van der Waals surface area contributed by atoms with Gasteiger partial charge in [0.1, 0.15) is 0 Å². The van der Waals surface area contributed by atoms with Gasteiger partial charge < -0.3 is 35.7 Å². The van der Waals surface area contributed by atoms with Gasteiger partial charge in [0.15, 0.2) is 0 Å². The van der Waals surface area contributed by atoms with E-state index in [0.717, 1.165) is 0 Å². The molecular formula is C28H42O14. The number of carbonyl (C=O) groups is 7. The van der Waals surface area contributed by atoms with Crippen molar-refractivity contribution < 1.29 is 69.3 Å². The van der Waals surface area contributed by atoms with Crippen LogP contribution in [0, 0.1) is 0 Å². The largest absolute Gasteiger partial charge is 0.478 e. The molecule has 0 aliphatic carbocycles. The minimum Gasteiger partial charge on any atom is -0.478 e. The van der Waals surface area contributed by atoms with Gasteiger partial charge in [-0.3, -0.25) is 0 Å². The first-order valence-corrected chi connectivity index (χ1v) is 10.7. The van der Waals surface area contributed by atoms with Crippen LogP contribution in [-0.2, 0) is 33.6 Å². The lowest BCUT2D eigenvalue weighted by molar-refractivity contribution is -0.133. The summed E-state index contributed by atoms with van der Waals surface area (Å²) in [6.45, 7) is 32.2. The molecule has 0 aliphatic heterocycles. The van der Waals surface area contributed by atoms with Gasteiger partial charge in [0.05, 0.1) is 0 Å². The van der Waals surface area contributed by atoms with Gasteiger partial charge >= 0.3 is 41.8 Å². The summed E-state index contributed by atoms with van der Waals surface area (Å²) in [6.07, 6.45) is 0. The molecule has 42 heavy (non-hydrogen) atoms. The first-order chi connectivity index (χ1) is 18.5. The van der Waals surface area contributed by atoms with Gasteiger partial charge in [0.25, 0.3) is 0 Å². The van der Waals surface area contributed by atoms with E-state index in [1.54, 1.807) is 0 Å². The molecule has 0 saturated heterocycles. The molecule has 7 N–H and O–H groups in total. The van der Waals surface area contributed by atoms with E-state index in [-0.39, 0.29) is 39.0 Å². The summed E-state index contributed by atoms with van der Waals surface area (Å²) >= 11 is 0. The second-order valence-corrected chi connectivity index (χ2v) is 7.60. The Bertz CT molecular complexity index is 737. The summed E-state index contributed by atoms with van der Waals surface area (Å²) in [6, 6.07) is 0. The number of carboxylic acids is 7. The Morgan fingerprint density at radius 1 is 0.262 bits per heavy atom. The maximum Gasteiger partial charge on any atom is 0.330 e. The molecule has 14 heteroatoms. The molecule has 0 heterocycles. The van der Waals surface area contributed by atoms with E-state index in [1.807, 2.05) is 0 Å². The van der Waals surface area contributed by atoms with Crippen molar-refractivity contribution >= 4 is 41.8 Å². The molecule has 0 radical (unpaired) electrons. The summed E-state index contributed by atoms with van der Waals surface area (Å²) in [5, 5.41) is 55.2. The fourth-order valence-electron chi connectivity index (χ4n) is 0. The van der Waals surface area contributed by atoms with E-state index in [0.29, 0.717) is 0 Å². The van der Waals surface area contributed by atoms with Gasteiger partial charge in [-0.05, 0) is 48.5 Å². The van der Waals surface area contributed by atoms with Crippen LogP contribution in [0.3, 0.4) is 0 Å². The molecule has 0 aliphatic rings. The molecule has 0 unspecified atom stereocenters. The fourth-order valence-corrected chi connectivity index (χ4v) is 0. The van der Waals surface area contributed by atoms with Crippen LogP contribution in [0.4, 0.5) is 0 Å².